The SMILES string of the molecule is C[C@@H]1[C@H](c2ccccc2)O[C@H]2c3cccn3[C@@H](C)C(=O)N12. The van der Waals surface area contributed by atoms with Crippen molar-refractivity contribution in [3.8, 4) is 0 Å². The number of rotatable bonds is 1. The summed E-state index contributed by atoms with van der Waals surface area (Å²) >= 11 is 0. The summed E-state index contributed by atoms with van der Waals surface area (Å²) in [6.07, 6.45) is 1.61. The Hall–Kier alpha value is -2.07. The zero-order valence-corrected chi connectivity index (χ0v) is 12.1. The molecule has 1 saturated heterocycles. The second kappa shape index (κ2) is 4.46. The lowest BCUT2D eigenvalue weighted by Crippen LogP contribution is -2.45. The Bertz CT molecular complexity index is 679. The van der Waals surface area contributed by atoms with Crippen LogP contribution in [0.4, 0.5) is 0 Å². The van der Waals surface area contributed by atoms with Gasteiger partial charge in [0, 0.05) is 6.20 Å². The number of carbonyl (C=O) groups excluding carboxylic acids is 1. The van der Waals surface area contributed by atoms with E-state index in [0.29, 0.717) is 0 Å². The third-order valence-electron chi connectivity index (χ3n) is 4.63. The molecule has 108 valence electrons. The molecule has 0 aliphatic carbocycles. The third kappa shape index (κ3) is 1.69. The molecule has 1 amide bonds. The minimum Gasteiger partial charge on any atom is -0.342 e. The van der Waals surface area contributed by atoms with Crippen LogP contribution in [-0.2, 0) is 9.53 Å². The number of carbonyl (C=O) groups is 1. The summed E-state index contributed by atoms with van der Waals surface area (Å²) in [6.45, 7) is 4.02. The van der Waals surface area contributed by atoms with Gasteiger partial charge in [-0.2, -0.15) is 0 Å². The van der Waals surface area contributed by atoms with Crippen LogP contribution in [0.25, 0.3) is 0 Å². The van der Waals surface area contributed by atoms with Gasteiger partial charge in [-0.15, -0.1) is 0 Å². The predicted molar refractivity (Wildman–Crippen MR) is 78.5 cm³/mol. The molecule has 4 nitrogen and oxygen atoms in total. The van der Waals surface area contributed by atoms with Crippen molar-refractivity contribution in [2.24, 2.45) is 0 Å². The highest BCUT2D eigenvalue weighted by molar-refractivity contribution is 5.82. The van der Waals surface area contributed by atoms with Crippen molar-refractivity contribution >= 4 is 5.91 Å². The average Bonchev–Trinajstić information content (AvgIpc) is 3.10. The molecule has 1 aromatic heterocycles. The Morgan fingerprint density at radius 1 is 1.05 bits per heavy atom. The molecule has 1 fully saturated rings. The van der Waals surface area contributed by atoms with Gasteiger partial charge in [-0.25, -0.2) is 0 Å². The fourth-order valence-corrected chi connectivity index (χ4v) is 3.51. The molecular weight excluding hydrogens is 264 g/mol. The van der Waals surface area contributed by atoms with Gasteiger partial charge in [-0.05, 0) is 31.5 Å². The molecule has 0 unspecified atom stereocenters. The molecule has 21 heavy (non-hydrogen) atoms. The lowest BCUT2D eigenvalue weighted by molar-refractivity contribution is -0.145. The molecule has 0 spiro atoms. The molecule has 0 radical (unpaired) electrons. The van der Waals surface area contributed by atoms with E-state index in [1.165, 1.54) is 0 Å². The number of hydrogen-bond donors (Lipinski definition) is 0. The van der Waals surface area contributed by atoms with Crippen LogP contribution >= 0.6 is 0 Å². The zero-order valence-electron chi connectivity index (χ0n) is 12.1. The van der Waals surface area contributed by atoms with Crippen LogP contribution in [0.1, 0.15) is 43.5 Å². The summed E-state index contributed by atoms with van der Waals surface area (Å²) in [5, 5.41) is 0. The molecule has 2 aliphatic heterocycles. The van der Waals surface area contributed by atoms with E-state index in [1.807, 2.05) is 52.9 Å². The molecule has 4 atom stereocenters. The number of ether oxygens (including phenoxy) is 1. The molecule has 0 bridgehead atoms. The molecule has 0 N–H and O–H groups in total. The highest BCUT2D eigenvalue weighted by atomic mass is 16.5. The van der Waals surface area contributed by atoms with Gasteiger partial charge < -0.3 is 14.2 Å². The van der Waals surface area contributed by atoms with Crippen molar-refractivity contribution in [2.45, 2.75) is 38.3 Å². The van der Waals surface area contributed by atoms with Crippen LogP contribution in [0.15, 0.2) is 48.7 Å². The molecular formula is C17H18N2O2. The van der Waals surface area contributed by atoms with E-state index in [2.05, 4.69) is 19.1 Å². The lowest BCUT2D eigenvalue weighted by Gasteiger charge is -2.35. The quantitative estimate of drug-likeness (QED) is 0.805. The summed E-state index contributed by atoms with van der Waals surface area (Å²) in [6, 6.07) is 14.0. The number of nitrogens with zero attached hydrogens (tertiary/aromatic N) is 2. The van der Waals surface area contributed by atoms with Crippen LogP contribution in [0.5, 0.6) is 0 Å². The first kappa shape index (κ1) is 12.7. The van der Waals surface area contributed by atoms with Gasteiger partial charge in [0.1, 0.15) is 12.1 Å². The van der Waals surface area contributed by atoms with Gasteiger partial charge >= 0.3 is 0 Å². The Morgan fingerprint density at radius 3 is 2.57 bits per heavy atom. The van der Waals surface area contributed by atoms with Gasteiger partial charge in [0.2, 0.25) is 5.91 Å². The summed E-state index contributed by atoms with van der Waals surface area (Å²) < 4.78 is 8.27. The van der Waals surface area contributed by atoms with E-state index in [9.17, 15) is 4.79 Å². The molecule has 2 aromatic rings. The van der Waals surface area contributed by atoms with Crippen molar-refractivity contribution in [1.82, 2.24) is 9.47 Å². The van der Waals surface area contributed by atoms with E-state index in [1.54, 1.807) is 0 Å². The van der Waals surface area contributed by atoms with Crippen molar-refractivity contribution in [3.05, 3.63) is 59.9 Å². The van der Waals surface area contributed by atoms with E-state index in [0.717, 1.165) is 11.3 Å². The van der Waals surface area contributed by atoms with E-state index < -0.39 is 0 Å². The Morgan fingerprint density at radius 2 is 1.81 bits per heavy atom. The maximum atomic E-state index is 12.7. The van der Waals surface area contributed by atoms with Crippen LogP contribution in [0, 0.1) is 0 Å². The Balaban J connectivity index is 1.77. The van der Waals surface area contributed by atoms with Gasteiger partial charge in [-0.3, -0.25) is 4.79 Å². The normalized spacial score (nSPS) is 31.1. The topological polar surface area (TPSA) is 34.5 Å². The average molecular weight is 282 g/mol. The smallest absolute Gasteiger partial charge is 0.248 e. The highest BCUT2D eigenvalue weighted by Gasteiger charge is 2.49. The van der Waals surface area contributed by atoms with Gasteiger partial charge in [0.25, 0.3) is 0 Å². The maximum absolute atomic E-state index is 12.7. The summed E-state index contributed by atoms with van der Waals surface area (Å²) in [7, 11) is 0. The van der Waals surface area contributed by atoms with Gasteiger partial charge in [0.05, 0.1) is 11.7 Å². The molecule has 4 heteroatoms. The first-order valence-corrected chi connectivity index (χ1v) is 7.38. The summed E-state index contributed by atoms with van der Waals surface area (Å²) in [4.78, 5) is 14.6. The minimum absolute atomic E-state index is 0.0380. The lowest BCUT2D eigenvalue weighted by atomic mass is 10.0. The summed E-state index contributed by atoms with van der Waals surface area (Å²) in [5.41, 5.74) is 2.19. The second-order valence-corrected chi connectivity index (χ2v) is 5.82. The molecule has 1 aromatic carbocycles. The van der Waals surface area contributed by atoms with Crippen LogP contribution in [0.3, 0.4) is 0 Å². The van der Waals surface area contributed by atoms with E-state index in [-0.39, 0.29) is 30.3 Å². The molecule has 3 heterocycles. The first-order valence-electron chi connectivity index (χ1n) is 7.38. The predicted octanol–water partition coefficient (Wildman–Crippen LogP) is 3.05. The number of aromatic nitrogens is 1. The fourth-order valence-electron chi connectivity index (χ4n) is 3.51. The number of fused-ring (bicyclic) bond motifs is 3. The number of benzene rings is 1. The summed E-state index contributed by atoms with van der Waals surface area (Å²) in [5.74, 6) is 0.134. The monoisotopic (exact) mass is 282 g/mol. The van der Waals surface area contributed by atoms with Crippen LogP contribution in [0.2, 0.25) is 0 Å². The van der Waals surface area contributed by atoms with Crippen LogP contribution < -0.4 is 0 Å². The van der Waals surface area contributed by atoms with Crippen molar-refractivity contribution in [1.29, 1.82) is 0 Å². The van der Waals surface area contributed by atoms with Crippen molar-refractivity contribution in [3.63, 3.8) is 0 Å². The van der Waals surface area contributed by atoms with E-state index in [4.69, 9.17) is 4.74 Å². The Kier molecular flexibility index (Phi) is 2.69. The Labute approximate surface area is 123 Å². The maximum Gasteiger partial charge on any atom is 0.248 e. The fraction of sp³-hybridized carbons (Fsp3) is 0.353. The highest BCUT2D eigenvalue weighted by Crippen LogP contribution is 2.46. The third-order valence-corrected chi connectivity index (χ3v) is 4.63. The van der Waals surface area contributed by atoms with Crippen LogP contribution in [-0.4, -0.2) is 21.4 Å². The zero-order chi connectivity index (χ0) is 14.6. The largest absolute Gasteiger partial charge is 0.342 e. The number of amides is 1. The molecule has 2 aliphatic rings. The molecule has 4 rings (SSSR count). The van der Waals surface area contributed by atoms with Crippen molar-refractivity contribution in [2.75, 3.05) is 0 Å². The van der Waals surface area contributed by atoms with Crippen molar-refractivity contribution < 1.29 is 9.53 Å². The van der Waals surface area contributed by atoms with E-state index >= 15 is 0 Å². The minimum atomic E-state index is -0.274. The van der Waals surface area contributed by atoms with Gasteiger partial charge in [0.15, 0.2) is 6.23 Å². The van der Waals surface area contributed by atoms with Gasteiger partial charge in [-0.1, -0.05) is 30.3 Å². The first-order chi connectivity index (χ1) is 10.2. The number of hydrogen-bond acceptors (Lipinski definition) is 2. The standard InChI is InChI=1S/C17H18N2O2/c1-11-15(13-7-4-3-5-8-13)21-17-14-9-6-10-18(14)12(2)16(20)19(11)17/h3-12,15,17H,1-2H3/t11-,12+,15-,17+/m1/s1. The second-order valence-electron chi connectivity index (χ2n) is 5.82. The molecule has 0 saturated carbocycles.